The zero-order chi connectivity index (χ0) is 21.2. The maximum atomic E-state index is 12.4. The van der Waals surface area contributed by atoms with E-state index in [0.717, 1.165) is 12.0 Å². The van der Waals surface area contributed by atoms with Gasteiger partial charge in [-0.05, 0) is 48.7 Å². The Morgan fingerprint density at radius 3 is 2.66 bits per heavy atom. The third-order valence-electron chi connectivity index (χ3n) is 4.00. The molecule has 2 aromatic rings. The summed E-state index contributed by atoms with van der Waals surface area (Å²) in [6.45, 7) is 5.96. The molecule has 0 saturated carbocycles. The first-order chi connectivity index (χ1) is 14.0. The Bertz CT molecular complexity index is 883. The SMILES string of the molecule is C=CCc1ccc(OCC(=O)Nc2cc(Cl)ccc2C(=O)NCCC)c(OC)c1. The minimum atomic E-state index is -0.422. The molecule has 0 fully saturated rings. The van der Waals surface area contributed by atoms with E-state index in [0.29, 0.717) is 40.7 Å². The predicted octanol–water partition coefficient (Wildman–Crippen LogP) is 4.23. The fourth-order valence-electron chi connectivity index (χ4n) is 2.61. The molecule has 2 N–H and O–H groups in total. The summed E-state index contributed by atoms with van der Waals surface area (Å²) in [4.78, 5) is 24.7. The lowest BCUT2D eigenvalue weighted by molar-refractivity contribution is -0.118. The number of hydrogen-bond acceptors (Lipinski definition) is 4. The first kappa shape index (κ1) is 22.3. The molecule has 6 nitrogen and oxygen atoms in total. The molecule has 0 radical (unpaired) electrons. The van der Waals surface area contributed by atoms with Gasteiger partial charge in [-0.3, -0.25) is 9.59 Å². The van der Waals surface area contributed by atoms with E-state index in [9.17, 15) is 9.59 Å². The van der Waals surface area contributed by atoms with E-state index in [1.165, 1.54) is 13.2 Å². The number of nitrogens with one attached hydrogen (secondary N) is 2. The van der Waals surface area contributed by atoms with Crippen molar-refractivity contribution in [3.63, 3.8) is 0 Å². The van der Waals surface area contributed by atoms with Crippen LogP contribution in [0.3, 0.4) is 0 Å². The number of benzene rings is 2. The van der Waals surface area contributed by atoms with Crippen molar-refractivity contribution in [3.8, 4) is 11.5 Å². The number of halogens is 1. The Hall–Kier alpha value is -2.99. The summed E-state index contributed by atoms with van der Waals surface area (Å²) < 4.78 is 10.9. The molecule has 0 heterocycles. The van der Waals surface area contributed by atoms with Crippen LogP contribution >= 0.6 is 11.6 Å². The first-order valence-corrected chi connectivity index (χ1v) is 9.64. The van der Waals surface area contributed by atoms with Gasteiger partial charge in [0.2, 0.25) is 0 Å². The smallest absolute Gasteiger partial charge is 0.262 e. The Kier molecular flexibility index (Phi) is 8.55. The highest BCUT2D eigenvalue weighted by Crippen LogP contribution is 2.28. The van der Waals surface area contributed by atoms with Crippen LogP contribution in [0.25, 0.3) is 0 Å². The van der Waals surface area contributed by atoms with E-state index in [2.05, 4.69) is 17.2 Å². The van der Waals surface area contributed by atoms with Gasteiger partial charge in [-0.15, -0.1) is 6.58 Å². The Morgan fingerprint density at radius 2 is 1.97 bits per heavy atom. The predicted molar refractivity (Wildman–Crippen MR) is 115 cm³/mol. The molecule has 2 amide bonds. The number of carbonyl (C=O) groups excluding carboxylic acids is 2. The van der Waals surface area contributed by atoms with E-state index < -0.39 is 5.91 Å². The number of allylic oxidation sites excluding steroid dienone is 1. The molecule has 0 aliphatic carbocycles. The molecule has 0 spiro atoms. The molecular formula is C22H25ClN2O4. The van der Waals surface area contributed by atoms with Crippen molar-refractivity contribution in [2.75, 3.05) is 25.6 Å². The summed E-state index contributed by atoms with van der Waals surface area (Å²) in [6, 6.07) is 10.2. The summed E-state index contributed by atoms with van der Waals surface area (Å²) in [7, 11) is 1.53. The Morgan fingerprint density at radius 1 is 1.17 bits per heavy atom. The fourth-order valence-corrected chi connectivity index (χ4v) is 2.78. The van der Waals surface area contributed by atoms with Crippen LogP contribution < -0.4 is 20.1 Å². The quantitative estimate of drug-likeness (QED) is 0.568. The van der Waals surface area contributed by atoms with E-state index in [4.69, 9.17) is 21.1 Å². The topological polar surface area (TPSA) is 76.7 Å². The van der Waals surface area contributed by atoms with Gasteiger partial charge in [0.05, 0.1) is 18.4 Å². The first-order valence-electron chi connectivity index (χ1n) is 9.26. The fraction of sp³-hybridized carbons (Fsp3) is 0.273. The van der Waals surface area contributed by atoms with Gasteiger partial charge in [-0.1, -0.05) is 30.7 Å². The summed E-state index contributed by atoms with van der Waals surface area (Å²) in [5.74, 6) is 0.273. The molecule has 0 bridgehead atoms. The maximum Gasteiger partial charge on any atom is 0.262 e. The zero-order valence-corrected chi connectivity index (χ0v) is 17.3. The van der Waals surface area contributed by atoms with Gasteiger partial charge >= 0.3 is 0 Å². The average molecular weight is 417 g/mol. The molecule has 7 heteroatoms. The minimum Gasteiger partial charge on any atom is -0.493 e. The summed E-state index contributed by atoms with van der Waals surface area (Å²) >= 11 is 6.02. The third kappa shape index (κ3) is 6.54. The van der Waals surface area contributed by atoms with E-state index >= 15 is 0 Å². The van der Waals surface area contributed by atoms with Gasteiger partial charge in [0, 0.05) is 11.6 Å². The summed E-state index contributed by atoms with van der Waals surface area (Å²) in [5.41, 5.74) is 1.69. The third-order valence-corrected chi connectivity index (χ3v) is 4.24. The number of carbonyl (C=O) groups is 2. The van der Waals surface area contributed by atoms with Crippen LogP contribution in [0.15, 0.2) is 49.1 Å². The molecular weight excluding hydrogens is 392 g/mol. The van der Waals surface area contributed by atoms with E-state index in [-0.39, 0.29) is 12.5 Å². The van der Waals surface area contributed by atoms with Crippen LogP contribution in [0.4, 0.5) is 5.69 Å². The Labute approximate surface area is 175 Å². The van der Waals surface area contributed by atoms with Crippen LogP contribution in [0.5, 0.6) is 11.5 Å². The van der Waals surface area contributed by atoms with Crippen molar-refractivity contribution in [1.82, 2.24) is 5.32 Å². The average Bonchev–Trinajstić information content (AvgIpc) is 2.71. The lowest BCUT2D eigenvalue weighted by Gasteiger charge is -2.14. The normalized spacial score (nSPS) is 10.2. The Balaban J connectivity index is 2.07. The molecule has 0 unspecified atom stereocenters. The number of amides is 2. The van der Waals surface area contributed by atoms with Gasteiger partial charge in [0.25, 0.3) is 11.8 Å². The summed E-state index contributed by atoms with van der Waals surface area (Å²) in [5, 5.41) is 5.88. The number of anilines is 1. The summed E-state index contributed by atoms with van der Waals surface area (Å²) in [6.07, 6.45) is 3.30. The van der Waals surface area contributed by atoms with Gasteiger partial charge in [0.1, 0.15) is 0 Å². The number of rotatable bonds is 10. The highest BCUT2D eigenvalue weighted by Gasteiger charge is 2.15. The number of hydrogen-bond donors (Lipinski definition) is 2. The van der Waals surface area contributed by atoms with Crippen molar-refractivity contribution in [1.29, 1.82) is 0 Å². The van der Waals surface area contributed by atoms with Crippen molar-refractivity contribution in [2.45, 2.75) is 19.8 Å². The maximum absolute atomic E-state index is 12.4. The standard InChI is InChI=1S/C22H25ClN2O4/c1-4-6-15-7-10-19(20(12-15)28-3)29-14-21(26)25-18-13-16(23)8-9-17(18)22(27)24-11-5-2/h4,7-10,12-13H,1,5-6,11,14H2,2-3H3,(H,24,27)(H,25,26). The second kappa shape index (κ2) is 11.1. The minimum absolute atomic E-state index is 0.250. The van der Waals surface area contributed by atoms with Gasteiger partial charge in [0.15, 0.2) is 18.1 Å². The van der Waals surface area contributed by atoms with Gasteiger partial charge in [-0.25, -0.2) is 0 Å². The molecule has 2 rings (SSSR count). The van der Waals surface area contributed by atoms with Gasteiger partial charge < -0.3 is 20.1 Å². The molecule has 0 atom stereocenters. The largest absolute Gasteiger partial charge is 0.493 e. The number of methoxy groups -OCH3 is 1. The van der Waals surface area contributed by atoms with E-state index in [1.807, 2.05) is 19.1 Å². The van der Waals surface area contributed by atoms with Crippen molar-refractivity contribution >= 4 is 29.1 Å². The van der Waals surface area contributed by atoms with Crippen molar-refractivity contribution in [3.05, 3.63) is 65.2 Å². The molecule has 2 aromatic carbocycles. The zero-order valence-electron chi connectivity index (χ0n) is 16.6. The monoisotopic (exact) mass is 416 g/mol. The van der Waals surface area contributed by atoms with Crippen LogP contribution in [0.2, 0.25) is 5.02 Å². The van der Waals surface area contributed by atoms with Crippen LogP contribution in [0, 0.1) is 0 Å². The lowest BCUT2D eigenvalue weighted by Crippen LogP contribution is -2.27. The molecule has 0 aliphatic rings. The molecule has 0 saturated heterocycles. The second-order valence-electron chi connectivity index (χ2n) is 6.26. The highest BCUT2D eigenvalue weighted by atomic mass is 35.5. The molecule has 0 aliphatic heterocycles. The van der Waals surface area contributed by atoms with Crippen LogP contribution in [-0.2, 0) is 11.2 Å². The van der Waals surface area contributed by atoms with Gasteiger partial charge in [-0.2, -0.15) is 0 Å². The molecule has 29 heavy (non-hydrogen) atoms. The highest BCUT2D eigenvalue weighted by molar-refractivity contribution is 6.31. The second-order valence-corrected chi connectivity index (χ2v) is 6.70. The van der Waals surface area contributed by atoms with E-state index in [1.54, 1.807) is 24.3 Å². The van der Waals surface area contributed by atoms with Crippen LogP contribution in [-0.4, -0.2) is 32.1 Å². The lowest BCUT2D eigenvalue weighted by atomic mass is 10.1. The van der Waals surface area contributed by atoms with Crippen molar-refractivity contribution < 1.29 is 19.1 Å². The molecule has 0 aromatic heterocycles. The van der Waals surface area contributed by atoms with Crippen LogP contribution in [0.1, 0.15) is 29.3 Å². The molecule has 154 valence electrons. The van der Waals surface area contributed by atoms with Crippen molar-refractivity contribution in [2.24, 2.45) is 0 Å². The number of ether oxygens (including phenoxy) is 2.